The molecule has 0 bridgehead atoms. The van der Waals surface area contributed by atoms with Crippen LogP contribution in [0.15, 0.2) is 112 Å². The number of hydrogen-bond acceptors (Lipinski definition) is 4. The molecule has 0 saturated carbocycles. The molecule has 0 atom stereocenters. The monoisotopic (exact) mass is 609 g/mol. The molecule has 9 heteroatoms. The van der Waals surface area contributed by atoms with Crippen molar-refractivity contribution >= 4 is 54.9 Å². The Morgan fingerprint density at radius 2 is 1.53 bits per heavy atom. The third-order valence-electron chi connectivity index (χ3n) is 5.97. The number of amides is 1. The summed E-state index contributed by atoms with van der Waals surface area (Å²) < 4.78 is 29.6. The summed E-state index contributed by atoms with van der Waals surface area (Å²) >= 11 is 9.73. The van der Waals surface area contributed by atoms with Gasteiger partial charge in [0.2, 0.25) is 0 Å². The van der Waals surface area contributed by atoms with Crippen LogP contribution in [0.5, 0.6) is 0 Å². The molecule has 0 aliphatic heterocycles. The van der Waals surface area contributed by atoms with E-state index < -0.39 is 10.0 Å². The zero-order valence-electron chi connectivity index (χ0n) is 20.7. The Kier molecular flexibility index (Phi) is 8.66. The van der Waals surface area contributed by atoms with E-state index >= 15 is 0 Å². The lowest BCUT2D eigenvalue weighted by molar-refractivity contribution is 0.0955. The summed E-state index contributed by atoms with van der Waals surface area (Å²) in [5, 5.41) is 4.67. The van der Waals surface area contributed by atoms with E-state index in [0.29, 0.717) is 33.1 Å². The van der Waals surface area contributed by atoms with Crippen LogP contribution in [0, 0.1) is 6.92 Å². The van der Waals surface area contributed by atoms with Gasteiger partial charge in [0.05, 0.1) is 22.8 Å². The number of hydrazone groups is 1. The van der Waals surface area contributed by atoms with Gasteiger partial charge in [-0.25, -0.2) is 13.8 Å². The van der Waals surface area contributed by atoms with Gasteiger partial charge in [-0.05, 0) is 79.1 Å². The first kappa shape index (κ1) is 27.6. The Balaban J connectivity index is 1.57. The van der Waals surface area contributed by atoms with Crippen molar-refractivity contribution in [2.75, 3.05) is 4.31 Å². The first-order valence-electron chi connectivity index (χ1n) is 11.7. The fraction of sp³-hybridized carbons (Fsp3) is 0.103. The van der Waals surface area contributed by atoms with Crippen LogP contribution >= 0.6 is 27.5 Å². The van der Waals surface area contributed by atoms with Gasteiger partial charge < -0.3 is 0 Å². The highest BCUT2D eigenvalue weighted by Crippen LogP contribution is 2.32. The Labute approximate surface area is 236 Å². The summed E-state index contributed by atoms with van der Waals surface area (Å²) in [5.41, 5.74) is 6.38. The Hall–Kier alpha value is -3.46. The van der Waals surface area contributed by atoms with E-state index in [1.807, 2.05) is 31.2 Å². The summed E-state index contributed by atoms with van der Waals surface area (Å²) in [4.78, 5) is 12.8. The largest absolute Gasteiger partial charge is 0.271 e. The molecule has 1 amide bonds. The highest BCUT2D eigenvalue weighted by atomic mass is 79.9. The Bertz CT molecular complexity index is 1570. The molecule has 0 aliphatic carbocycles. The smallest absolute Gasteiger partial charge is 0.267 e. The van der Waals surface area contributed by atoms with Crippen LogP contribution in [-0.4, -0.2) is 20.0 Å². The molecule has 0 heterocycles. The standard InChI is InChI=1S/C29H25BrClN3O3S/c1-20-27(31)9-6-10-28(20)34(38(36,37)26-7-4-3-5-8-26)19-22-11-13-24(14-12-22)29(35)33-32-21(2)23-15-17-25(30)18-16-23/h3-18H,19H2,1-2H3,(H,33,35)/b32-21-. The number of carbonyl (C=O) groups excluding carboxylic acids is 1. The minimum atomic E-state index is -3.89. The van der Waals surface area contributed by atoms with Gasteiger partial charge in [0.25, 0.3) is 15.9 Å². The third-order valence-corrected chi connectivity index (χ3v) is 8.68. The minimum Gasteiger partial charge on any atom is -0.267 e. The maximum Gasteiger partial charge on any atom is 0.271 e. The molecular weight excluding hydrogens is 586 g/mol. The number of benzene rings is 4. The zero-order valence-corrected chi connectivity index (χ0v) is 23.9. The molecule has 6 nitrogen and oxygen atoms in total. The van der Waals surface area contributed by atoms with Crippen molar-refractivity contribution in [2.45, 2.75) is 25.3 Å². The van der Waals surface area contributed by atoms with Crippen molar-refractivity contribution in [1.29, 1.82) is 0 Å². The number of anilines is 1. The summed E-state index contributed by atoms with van der Waals surface area (Å²) in [5.74, 6) is -0.368. The van der Waals surface area contributed by atoms with Crippen LogP contribution in [0.3, 0.4) is 0 Å². The maximum atomic E-state index is 13.7. The van der Waals surface area contributed by atoms with E-state index in [1.54, 1.807) is 79.7 Å². The molecule has 4 rings (SSSR count). The van der Waals surface area contributed by atoms with Gasteiger partial charge in [-0.15, -0.1) is 0 Å². The molecule has 38 heavy (non-hydrogen) atoms. The van der Waals surface area contributed by atoms with Gasteiger partial charge in [-0.3, -0.25) is 9.10 Å². The Morgan fingerprint density at radius 1 is 0.895 bits per heavy atom. The van der Waals surface area contributed by atoms with Gasteiger partial charge in [-0.1, -0.05) is 76.1 Å². The molecular formula is C29H25BrClN3O3S. The lowest BCUT2D eigenvalue weighted by Crippen LogP contribution is -2.31. The van der Waals surface area contributed by atoms with Gasteiger partial charge in [-0.2, -0.15) is 5.10 Å². The van der Waals surface area contributed by atoms with Crippen molar-refractivity contribution in [3.05, 3.63) is 129 Å². The lowest BCUT2D eigenvalue weighted by atomic mass is 10.1. The molecule has 0 aromatic heterocycles. The van der Waals surface area contributed by atoms with Crippen LogP contribution in [0.25, 0.3) is 0 Å². The highest BCUT2D eigenvalue weighted by Gasteiger charge is 2.27. The second-order valence-corrected chi connectivity index (χ2v) is 11.7. The first-order valence-corrected chi connectivity index (χ1v) is 14.3. The molecule has 4 aromatic carbocycles. The number of hydrogen-bond donors (Lipinski definition) is 1. The van der Waals surface area contributed by atoms with Crippen LogP contribution in [0.4, 0.5) is 5.69 Å². The van der Waals surface area contributed by atoms with Crippen molar-refractivity contribution in [3.63, 3.8) is 0 Å². The van der Waals surface area contributed by atoms with Crippen LogP contribution in [-0.2, 0) is 16.6 Å². The predicted molar refractivity (Wildman–Crippen MR) is 156 cm³/mol. The Morgan fingerprint density at radius 3 is 2.18 bits per heavy atom. The molecule has 0 radical (unpaired) electrons. The molecule has 0 fully saturated rings. The molecule has 194 valence electrons. The number of sulfonamides is 1. The normalized spacial score (nSPS) is 11.7. The minimum absolute atomic E-state index is 0.0567. The van der Waals surface area contributed by atoms with E-state index in [9.17, 15) is 13.2 Å². The summed E-state index contributed by atoms with van der Waals surface area (Å²) in [6, 6.07) is 27.8. The lowest BCUT2D eigenvalue weighted by Gasteiger charge is -2.26. The van der Waals surface area contributed by atoms with E-state index in [1.165, 1.54) is 4.31 Å². The highest BCUT2D eigenvalue weighted by molar-refractivity contribution is 9.10. The van der Waals surface area contributed by atoms with E-state index in [4.69, 9.17) is 11.6 Å². The second kappa shape index (κ2) is 11.9. The van der Waals surface area contributed by atoms with Crippen molar-refractivity contribution in [1.82, 2.24) is 5.43 Å². The SMILES string of the molecule is C/C(=N/NC(=O)c1ccc(CN(c2cccc(Cl)c2C)S(=O)(=O)c2ccccc2)cc1)c1ccc(Br)cc1. The molecule has 0 saturated heterocycles. The third kappa shape index (κ3) is 6.32. The van der Waals surface area contributed by atoms with Gasteiger partial charge in [0.15, 0.2) is 0 Å². The maximum absolute atomic E-state index is 13.7. The average Bonchev–Trinajstić information content (AvgIpc) is 2.93. The van der Waals surface area contributed by atoms with E-state index in [-0.39, 0.29) is 17.3 Å². The number of carbonyl (C=O) groups is 1. The van der Waals surface area contributed by atoms with Crippen molar-refractivity contribution in [2.24, 2.45) is 5.10 Å². The molecule has 0 unspecified atom stereocenters. The molecule has 4 aromatic rings. The van der Waals surface area contributed by atoms with Crippen LogP contribution < -0.4 is 9.73 Å². The van der Waals surface area contributed by atoms with Crippen LogP contribution in [0.2, 0.25) is 5.02 Å². The number of nitrogens with zero attached hydrogens (tertiary/aromatic N) is 2. The average molecular weight is 611 g/mol. The van der Waals surface area contributed by atoms with Gasteiger partial charge in [0.1, 0.15) is 0 Å². The summed E-state index contributed by atoms with van der Waals surface area (Å²) in [6.07, 6.45) is 0. The van der Waals surface area contributed by atoms with Crippen molar-refractivity contribution < 1.29 is 13.2 Å². The fourth-order valence-electron chi connectivity index (χ4n) is 3.77. The topological polar surface area (TPSA) is 78.8 Å². The van der Waals surface area contributed by atoms with Crippen molar-refractivity contribution in [3.8, 4) is 0 Å². The first-order chi connectivity index (χ1) is 18.2. The zero-order chi connectivity index (χ0) is 27.3. The van der Waals surface area contributed by atoms with E-state index in [2.05, 4.69) is 26.5 Å². The summed E-state index contributed by atoms with van der Waals surface area (Å²) in [7, 11) is -3.89. The fourth-order valence-corrected chi connectivity index (χ4v) is 5.73. The molecule has 0 aliphatic rings. The molecule has 0 spiro atoms. The number of halogens is 2. The quantitative estimate of drug-likeness (QED) is 0.173. The van der Waals surface area contributed by atoms with Gasteiger partial charge in [0, 0.05) is 15.1 Å². The van der Waals surface area contributed by atoms with E-state index in [0.717, 1.165) is 10.0 Å². The molecule has 1 N–H and O–H groups in total. The summed E-state index contributed by atoms with van der Waals surface area (Å²) in [6.45, 7) is 3.66. The second-order valence-electron chi connectivity index (χ2n) is 8.55. The number of nitrogens with one attached hydrogen (secondary N) is 1. The number of rotatable bonds is 8. The predicted octanol–water partition coefficient (Wildman–Crippen LogP) is 6.96. The van der Waals surface area contributed by atoms with Crippen LogP contribution in [0.1, 0.15) is 34.0 Å². The van der Waals surface area contributed by atoms with Gasteiger partial charge >= 0.3 is 0 Å².